The number of nitrogens with one attached hydrogen (secondary N) is 1. The average molecular weight is 343 g/mol. The molecular weight excluding hydrogens is 318 g/mol. The van der Waals surface area contributed by atoms with Crippen LogP contribution in [-0.4, -0.2) is 60.5 Å². The maximum absolute atomic E-state index is 12.3. The highest BCUT2D eigenvalue weighted by atomic mass is 16.5. The number of nitrogens with zero attached hydrogens (tertiary/aromatic N) is 4. The van der Waals surface area contributed by atoms with Crippen molar-refractivity contribution in [1.29, 1.82) is 0 Å². The molecule has 0 radical (unpaired) electrons. The summed E-state index contributed by atoms with van der Waals surface area (Å²) >= 11 is 0. The molecule has 1 aliphatic rings. The first-order chi connectivity index (χ1) is 12.2. The number of ether oxygens (including phenoxy) is 1. The van der Waals surface area contributed by atoms with Gasteiger partial charge in [0.25, 0.3) is 0 Å². The van der Waals surface area contributed by atoms with E-state index in [-0.39, 0.29) is 6.03 Å². The summed E-state index contributed by atoms with van der Waals surface area (Å²) in [5.74, 6) is 0.872. The fraction of sp³-hybridized carbons (Fsp3) is 0.444. The van der Waals surface area contributed by atoms with Crippen LogP contribution in [0.25, 0.3) is 0 Å². The maximum Gasteiger partial charge on any atom is 0.317 e. The summed E-state index contributed by atoms with van der Waals surface area (Å²) in [7, 11) is 3.58. The standard InChI is InChI=1S/C18H25N5O2/c1-21-14-15(13-20-21)7-8-19-18(24)23-11-9-22(10-12-23)16-5-3-4-6-17(16)25-2/h3-6,13-14H,7-12H2,1-2H3,(H,19,24). The van der Waals surface area contributed by atoms with Crippen LogP contribution < -0.4 is 15.0 Å². The monoisotopic (exact) mass is 343 g/mol. The lowest BCUT2D eigenvalue weighted by Crippen LogP contribution is -2.52. The fourth-order valence-corrected chi connectivity index (χ4v) is 3.07. The van der Waals surface area contributed by atoms with E-state index in [1.807, 2.05) is 42.5 Å². The van der Waals surface area contributed by atoms with Crippen molar-refractivity contribution in [2.24, 2.45) is 7.05 Å². The van der Waals surface area contributed by atoms with Crippen LogP contribution in [0.3, 0.4) is 0 Å². The van der Waals surface area contributed by atoms with Crippen LogP contribution in [0.2, 0.25) is 0 Å². The van der Waals surface area contributed by atoms with Crippen LogP contribution in [0.5, 0.6) is 5.75 Å². The summed E-state index contributed by atoms with van der Waals surface area (Å²) in [5, 5.41) is 7.13. The minimum absolute atomic E-state index is 0.00330. The number of aryl methyl sites for hydroxylation is 1. The minimum atomic E-state index is 0.00330. The first-order valence-electron chi connectivity index (χ1n) is 8.55. The van der Waals surface area contributed by atoms with Crippen molar-refractivity contribution in [3.63, 3.8) is 0 Å². The molecule has 25 heavy (non-hydrogen) atoms. The molecule has 1 fully saturated rings. The number of benzene rings is 1. The normalized spacial score (nSPS) is 14.5. The van der Waals surface area contributed by atoms with Crippen LogP contribution in [0.15, 0.2) is 36.7 Å². The maximum atomic E-state index is 12.3. The van der Waals surface area contributed by atoms with Crippen LogP contribution in [0.4, 0.5) is 10.5 Å². The molecule has 0 atom stereocenters. The molecule has 0 aliphatic carbocycles. The number of rotatable bonds is 5. The van der Waals surface area contributed by atoms with E-state index in [1.165, 1.54) is 0 Å². The molecule has 0 unspecified atom stereocenters. The van der Waals surface area contributed by atoms with E-state index in [1.54, 1.807) is 11.8 Å². The Hall–Kier alpha value is -2.70. The molecule has 0 spiro atoms. The van der Waals surface area contributed by atoms with Gasteiger partial charge in [-0.2, -0.15) is 5.10 Å². The van der Waals surface area contributed by atoms with E-state index < -0.39 is 0 Å². The van der Waals surface area contributed by atoms with E-state index in [2.05, 4.69) is 21.4 Å². The Labute approximate surface area is 148 Å². The number of piperazine rings is 1. The third-order valence-corrected chi connectivity index (χ3v) is 4.44. The van der Waals surface area contributed by atoms with Gasteiger partial charge in [0, 0.05) is 46.0 Å². The van der Waals surface area contributed by atoms with E-state index in [0.29, 0.717) is 19.6 Å². The van der Waals surface area contributed by atoms with Crippen molar-refractivity contribution in [1.82, 2.24) is 20.0 Å². The van der Waals surface area contributed by atoms with E-state index in [9.17, 15) is 4.79 Å². The third kappa shape index (κ3) is 4.23. The number of carbonyl (C=O) groups is 1. The third-order valence-electron chi connectivity index (χ3n) is 4.44. The summed E-state index contributed by atoms with van der Waals surface area (Å²) in [4.78, 5) is 16.4. The summed E-state index contributed by atoms with van der Waals surface area (Å²) < 4.78 is 7.20. The van der Waals surface area contributed by atoms with Crippen LogP contribution in [0, 0.1) is 0 Å². The Kier molecular flexibility index (Phi) is 5.42. The van der Waals surface area contributed by atoms with E-state index >= 15 is 0 Å². The molecule has 1 aliphatic heterocycles. The molecule has 3 rings (SSSR count). The quantitative estimate of drug-likeness (QED) is 0.894. The van der Waals surface area contributed by atoms with Crippen molar-refractivity contribution in [2.45, 2.75) is 6.42 Å². The van der Waals surface area contributed by atoms with Gasteiger partial charge in [-0.15, -0.1) is 0 Å². The van der Waals surface area contributed by atoms with Crippen LogP contribution in [-0.2, 0) is 13.5 Å². The van der Waals surface area contributed by atoms with Crippen molar-refractivity contribution < 1.29 is 9.53 Å². The summed E-state index contributed by atoms with van der Waals surface area (Å²) in [6, 6.07) is 8.00. The molecular formula is C18H25N5O2. The predicted octanol–water partition coefficient (Wildman–Crippen LogP) is 1.50. The van der Waals surface area contributed by atoms with Gasteiger partial charge in [0.05, 0.1) is 19.0 Å². The number of methoxy groups -OCH3 is 1. The summed E-state index contributed by atoms with van der Waals surface area (Å²) in [5.41, 5.74) is 2.21. The Morgan fingerprint density at radius 3 is 2.68 bits per heavy atom. The highest BCUT2D eigenvalue weighted by molar-refractivity contribution is 5.74. The van der Waals surface area contributed by atoms with Gasteiger partial charge in [0.15, 0.2) is 0 Å². The molecule has 134 valence electrons. The smallest absolute Gasteiger partial charge is 0.317 e. The largest absolute Gasteiger partial charge is 0.495 e. The molecule has 0 saturated carbocycles. The second kappa shape index (κ2) is 7.92. The van der Waals surface area contributed by atoms with Crippen molar-refractivity contribution >= 4 is 11.7 Å². The van der Waals surface area contributed by atoms with Gasteiger partial charge in [-0.1, -0.05) is 12.1 Å². The van der Waals surface area contributed by atoms with Gasteiger partial charge >= 0.3 is 6.03 Å². The second-order valence-corrected chi connectivity index (χ2v) is 6.15. The Balaban J connectivity index is 1.46. The SMILES string of the molecule is COc1ccccc1N1CCN(C(=O)NCCc2cnn(C)c2)CC1. The van der Waals surface area contributed by atoms with Crippen molar-refractivity contribution in [2.75, 3.05) is 44.7 Å². The molecule has 7 heteroatoms. The number of anilines is 1. The van der Waals surface area contributed by atoms with Crippen molar-refractivity contribution in [3.05, 3.63) is 42.2 Å². The summed E-state index contributed by atoms with van der Waals surface area (Å²) in [6.07, 6.45) is 4.59. The molecule has 1 aromatic heterocycles. The molecule has 1 N–H and O–H groups in total. The van der Waals surface area contributed by atoms with Crippen LogP contribution in [0.1, 0.15) is 5.56 Å². The number of hydrogen-bond donors (Lipinski definition) is 1. The minimum Gasteiger partial charge on any atom is -0.495 e. The lowest BCUT2D eigenvalue weighted by molar-refractivity contribution is 0.194. The molecule has 1 aromatic carbocycles. The van der Waals surface area contributed by atoms with Crippen molar-refractivity contribution in [3.8, 4) is 5.75 Å². The highest BCUT2D eigenvalue weighted by Gasteiger charge is 2.22. The van der Waals surface area contributed by atoms with Gasteiger partial charge in [-0.3, -0.25) is 4.68 Å². The molecule has 1 saturated heterocycles. The summed E-state index contributed by atoms with van der Waals surface area (Å²) in [6.45, 7) is 3.64. The van der Waals surface area contributed by atoms with Gasteiger partial charge < -0.3 is 19.9 Å². The zero-order valence-electron chi connectivity index (χ0n) is 14.8. The Morgan fingerprint density at radius 2 is 2.00 bits per heavy atom. The first-order valence-corrected chi connectivity index (χ1v) is 8.55. The van der Waals surface area contributed by atoms with Gasteiger partial charge in [0.2, 0.25) is 0 Å². The lowest BCUT2D eigenvalue weighted by Gasteiger charge is -2.36. The number of aromatic nitrogens is 2. The number of carbonyl (C=O) groups excluding carboxylic acids is 1. The zero-order chi connectivity index (χ0) is 17.6. The van der Waals surface area contributed by atoms with Gasteiger partial charge in [-0.05, 0) is 24.1 Å². The number of amides is 2. The highest BCUT2D eigenvalue weighted by Crippen LogP contribution is 2.28. The lowest BCUT2D eigenvalue weighted by atomic mass is 10.2. The Bertz CT molecular complexity index is 707. The topological polar surface area (TPSA) is 62.6 Å². The van der Waals surface area contributed by atoms with E-state index in [0.717, 1.165) is 36.5 Å². The molecule has 2 heterocycles. The van der Waals surface area contributed by atoms with Gasteiger partial charge in [0.1, 0.15) is 5.75 Å². The van der Waals surface area contributed by atoms with E-state index in [4.69, 9.17) is 4.74 Å². The fourth-order valence-electron chi connectivity index (χ4n) is 3.07. The molecule has 2 amide bonds. The first kappa shape index (κ1) is 17.1. The molecule has 7 nitrogen and oxygen atoms in total. The number of para-hydroxylation sites is 2. The Morgan fingerprint density at radius 1 is 1.24 bits per heavy atom. The average Bonchev–Trinajstić information content (AvgIpc) is 3.07. The molecule has 0 bridgehead atoms. The predicted molar refractivity (Wildman–Crippen MR) is 97.1 cm³/mol. The second-order valence-electron chi connectivity index (χ2n) is 6.15. The van der Waals surface area contributed by atoms with Gasteiger partial charge in [-0.25, -0.2) is 4.79 Å². The van der Waals surface area contributed by atoms with Crippen LogP contribution >= 0.6 is 0 Å². The number of urea groups is 1. The molecule has 2 aromatic rings. The number of hydrogen-bond acceptors (Lipinski definition) is 4. The zero-order valence-corrected chi connectivity index (χ0v) is 14.8.